The molecule has 2 aromatic rings. The molecule has 0 saturated carbocycles. The number of hydrogen-bond acceptors (Lipinski definition) is 3. The Morgan fingerprint density at radius 2 is 1.96 bits per heavy atom. The van der Waals surface area contributed by atoms with Gasteiger partial charge >= 0.3 is 0 Å². The van der Waals surface area contributed by atoms with Crippen LogP contribution in [0.3, 0.4) is 0 Å². The zero-order valence-corrected chi connectivity index (χ0v) is 15.1. The minimum absolute atomic E-state index is 0.00126. The Morgan fingerprint density at radius 1 is 1.15 bits per heavy atom. The van der Waals surface area contributed by atoms with E-state index in [0.717, 1.165) is 41.9 Å². The van der Waals surface area contributed by atoms with Gasteiger partial charge in [-0.15, -0.1) is 0 Å². The lowest BCUT2D eigenvalue weighted by Crippen LogP contribution is -2.29. The number of likely N-dealkylation sites (tertiary alicyclic amines) is 1. The fourth-order valence-electron chi connectivity index (χ4n) is 4.21. The van der Waals surface area contributed by atoms with Crippen LogP contribution in [0.2, 0.25) is 0 Å². The van der Waals surface area contributed by atoms with Crippen LogP contribution in [0.15, 0.2) is 42.5 Å². The Labute approximate surface area is 153 Å². The molecule has 0 bridgehead atoms. The maximum absolute atomic E-state index is 12.6. The van der Waals surface area contributed by atoms with E-state index < -0.39 is 0 Å². The number of fused-ring (bicyclic) bond motifs is 3. The van der Waals surface area contributed by atoms with Crippen LogP contribution in [0.4, 0.5) is 0 Å². The first-order valence-corrected chi connectivity index (χ1v) is 9.00. The van der Waals surface area contributed by atoms with Crippen LogP contribution < -0.4 is 10.6 Å². The molecule has 134 valence electrons. The van der Waals surface area contributed by atoms with Crippen LogP contribution in [0.5, 0.6) is 0 Å². The van der Waals surface area contributed by atoms with Crippen molar-refractivity contribution in [2.75, 3.05) is 33.7 Å². The van der Waals surface area contributed by atoms with Crippen LogP contribution in [-0.4, -0.2) is 50.4 Å². The molecule has 2 amide bonds. The van der Waals surface area contributed by atoms with Gasteiger partial charge in [-0.05, 0) is 47.9 Å². The molecule has 5 nitrogen and oxygen atoms in total. The van der Waals surface area contributed by atoms with Crippen LogP contribution in [0.1, 0.15) is 32.2 Å². The maximum Gasteiger partial charge on any atom is 0.251 e. The highest BCUT2D eigenvalue weighted by Gasteiger charge is 2.36. The van der Waals surface area contributed by atoms with E-state index in [1.165, 1.54) is 0 Å². The topological polar surface area (TPSA) is 61.4 Å². The summed E-state index contributed by atoms with van der Waals surface area (Å²) in [5, 5.41) is 5.73. The highest BCUT2D eigenvalue weighted by Crippen LogP contribution is 2.37. The van der Waals surface area contributed by atoms with Crippen molar-refractivity contribution in [3.8, 4) is 11.1 Å². The Kier molecular flexibility index (Phi) is 4.24. The van der Waals surface area contributed by atoms with Gasteiger partial charge in [-0.3, -0.25) is 9.59 Å². The van der Waals surface area contributed by atoms with E-state index >= 15 is 0 Å². The molecule has 0 aromatic heterocycles. The number of amides is 2. The third-order valence-corrected chi connectivity index (χ3v) is 5.53. The highest BCUT2D eigenvalue weighted by molar-refractivity contribution is 5.98. The van der Waals surface area contributed by atoms with Crippen molar-refractivity contribution >= 4 is 11.8 Å². The lowest BCUT2D eigenvalue weighted by molar-refractivity contribution is 0.0947. The summed E-state index contributed by atoms with van der Waals surface area (Å²) >= 11 is 0. The number of likely N-dealkylation sites (N-methyl/N-ethyl adjacent to an activating group) is 1. The second-order valence-corrected chi connectivity index (χ2v) is 7.26. The average Bonchev–Trinajstić information content (AvgIpc) is 3.00. The van der Waals surface area contributed by atoms with Gasteiger partial charge in [-0.25, -0.2) is 0 Å². The minimum atomic E-state index is -0.115. The molecule has 1 saturated heterocycles. The fraction of sp³-hybridized carbons (Fsp3) is 0.333. The summed E-state index contributed by atoms with van der Waals surface area (Å²) in [6.07, 6.45) is 0. The van der Waals surface area contributed by atoms with Crippen LogP contribution in [-0.2, 0) is 0 Å². The van der Waals surface area contributed by atoms with Gasteiger partial charge in [0, 0.05) is 43.7 Å². The van der Waals surface area contributed by atoms with Crippen molar-refractivity contribution < 1.29 is 9.59 Å². The quantitative estimate of drug-likeness (QED) is 0.873. The summed E-state index contributed by atoms with van der Waals surface area (Å²) in [6, 6.07) is 13.6. The van der Waals surface area contributed by atoms with Gasteiger partial charge in [0.25, 0.3) is 11.8 Å². The Bertz CT molecular complexity index is 877. The summed E-state index contributed by atoms with van der Waals surface area (Å²) in [4.78, 5) is 26.9. The first kappa shape index (κ1) is 16.8. The zero-order chi connectivity index (χ0) is 18.3. The van der Waals surface area contributed by atoms with Crippen LogP contribution in [0.25, 0.3) is 11.1 Å². The van der Waals surface area contributed by atoms with Gasteiger partial charge in [-0.1, -0.05) is 24.3 Å². The van der Waals surface area contributed by atoms with E-state index in [4.69, 9.17) is 0 Å². The van der Waals surface area contributed by atoms with E-state index in [-0.39, 0.29) is 11.8 Å². The number of nitrogens with one attached hydrogen (secondary N) is 2. The molecule has 0 spiro atoms. The normalized spacial score (nSPS) is 22.2. The van der Waals surface area contributed by atoms with Crippen molar-refractivity contribution in [1.82, 2.24) is 15.5 Å². The molecular weight excluding hydrogens is 326 g/mol. The predicted octanol–water partition coefficient (Wildman–Crippen LogP) is 2.10. The Balaban J connectivity index is 1.75. The molecule has 2 N–H and O–H groups in total. The molecule has 2 aliphatic rings. The molecule has 0 unspecified atom stereocenters. The van der Waals surface area contributed by atoms with Gasteiger partial charge in [-0.2, -0.15) is 0 Å². The third kappa shape index (κ3) is 2.88. The monoisotopic (exact) mass is 349 g/mol. The lowest BCUT2D eigenvalue weighted by atomic mass is 9.86. The minimum Gasteiger partial charge on any atom is -0.355 e. The number of rotatable bonds is 2. The van der Waals surface area contributed by atoms with E-state index in [0.29, 0.717) is 17.4 Å². The maximum atomic E-state index is 12.6. The molecular formula is C21H23N3O2. The molecule has 26 heavy (non-hydrogen) atoms. The molecule has 2 atom stereocenters. The molecule has 0 radical (unpaired) electrons. The second-order valence-electron chi connectivity index (χ2n) is 7.26. The Morgan fingerprint density at radius 3 is 2.77 bits per heavy atom. The number of carbonyl (C=O) groups excluding carboxylic acids is 2. The largest absolute Gasteiger partial charge is 0.355 e. The average molecular weight is 349 g/mol. The summed E-state index contributed by atoms with van der Waals surface area (Å²) in [6.45, 7) is 2.72. The van der Waals surface area contributed by atoms with Crippen LogP contribution >= 0.6 is 0 Å². The van der Waals surface area contributed by atoms with Gasteiger partial charge < -0.3 is 15.5 Å². The van der Waals surface area contributed by atoms with Crippen LogP contribution in [0, 0.1) is 5.92 Å². The standard InChI is InChI=1S/C21H23N3O2/c1-22-20(25)15-5-3-4-13(8-15)14-6-7-17-18(9-14)21(26)23-10-16-11-24(2)12-19(16)17/h3-9,16,19H,10-12H2,1-2H3,(H,22,25)(H,23,26)/t16-,19-/m1/s1. The summed E-state index contributed by atoms with van der Waals surface area (Å²) in [5.41, 5.74) is 4.40. The summed E-state index contributed by atoms with van der Waals surface area (Å²) < 4.78 is 0. The summed E-state index contributed by atoms with van der Waals surface area (Å²) in [5.74, 6) is 0.741. The van der Waals surface area contributed by atoms with Gasteiger partial charge in [0.15, 0.2) is 0 Å². The van der Waals surface area contributed by atoms with E-state index in [1.807, 2.05) is 24.3 Å². The molecule has 4 rings (SSSR count). The van der Waals surface area contributed by atoms with Crippen molar-refractivity contribution in [3.05, 3.63) is 59.2 Å². The SMILES string of the molecule is CNC(=O)c1cccc(-c2ccc3c(c2)C(=O)NC[C@@H]2CN(C)C[C@@H]32)c1. The molecule has 2 aromatic carbocycles. The third-order valence-electron chi connectivity index (χ3n) is 5.53. The van der Waals surface area contributed by atoms with Crippen molar-refractivity contribution in [3.63, 3.8) is 0 Å². The number of hydrogen-bond donors (Lipinski definition) is 2. The van der Waals surface area contributed by atoms with Crippen molar-refractivity contribution in [2.45, 2.75) is 5.92 Å². The summed E-state index contributed by atoms with van der Waals surface area (Å²) in [7, 11) is 3.76. The fourth-order valence-corrected chi connectivity index (χ4v) is 4.21. The molecule has 0 aliphatic carbocycles. The highest BCUT2D eigenvalue weighted by atomic mass is 16.2. The predicted molar refractivity (Wildman–Crippen MR) is 101 cm³/mol. The Hall–Kier alpha value is -2.66. The van der Waals surface area contributed by atoms with E-state index in [1.54, 1.807) is 13.1 Å². The van der Waals surface area contributed by atoms with E-state index in [9.17, 15) is 9.59 Å². The first-order chi connectivity index (χ1) is 12.6. The number of nitrogens with zero attached hydrogens (tertiary/aromatic N) is 1. The lowest BCUT2D eigenvalue weighted by Gasteiger charge is -2.17. The number of carbonyl (C=O) groups is 2. The van der Waals surface area contributed by atoms with Crippen molar-refractivity contribution in [2.24, 2.45) is 5.92 Å². The smallest absolute Gasteiger partial charge is 0.251 e. The second kappa shape index (κ2) is 6.57. The zero-order valence-electron chi connectivity index (χ0n) is 15.1. The van der Waals surface area contributed by atoms with Crippen molar-refractivity contribution in [1.29, 1.82) is 0 Å². The first-order valence-electron chi connectivity index (χ1n) is 9.00. The van der Waals surface area contributed by atoms with E-state index in [2.05, 4.69) is 34.7 Å². The van der Waals surface area contributed by atoms with Gasteiger partial charge in [0.2, 0.25) is 0 Å². The molecule has 5 heteroatoms. The molecule has 2 heterocycles. The van der Waals surface area contributed by atoms with Gasteiger partial charge in [0.05, 0.1) is 0 Å². The molecule has 2 aliphatic heterocycles. The number of benzene rings is 2. The molecule has 1 fully saturated rings. The van der Waals surface area contributed by atoms with Gasteiger partial charge in [0.1, 0.15) is 0 Å².